The number of furan rings is 1. The zero-order chi connectivity index (χ0) is 14.4. The summed E-state index contributed by atoms with van der Waals surface area (Å²) in [5.41, 5.74) is 0.760. The second-order valence-corrected chi connectivity index (χ2v) is 4.32. The normalized spacial score (nSPS) is 10.7. The van der Waals surface area contributed by atoms with Crippen LogP contribution in [0.1, 0.15) is 11.5 Å². The Morgan fingerprint density at radius 1 is 1.30 bits per heavy atom. The minimum absolute atomic E-state index is 0.0619. The van der Waals surface area contributed by atoms with Gasteiger partial charge in [0.05, 0.1) is 18.8 Å². The van der Waals surface area contributed by atoms with Gasteiger partial charge in [-0.3, -0.25) is 4.79 Å². The molecule has 0 saturated heterocycles. The Bertz CT molecular complexity index is 603. The lowest BCUT2D eigenvalue weighted by Crippen LogP contribution is -2.21. The van der Waals surface area contributed by atoms with E-state index in [4.69, 9.17) is 14.3 Å². The summed E-state index contributed by atoms with van der Waals surface area (Å²) in [6.45, 7) is 1.38. The highest BCUT2D eigenvalue weighted by molar-refractivity contribution is 5.40. The maximum atomic E-state index is 11.6. The summed E-state index contributed by atoms with van der Waals surface area (Å²) in [5.74, 6) is 1.26. The van der Waals surface area contributed by atoms with Gasteiger partial charge in [-0.2, -0.15) is 0 Å². The summed E-state index contributed by atoms with van der Waals surface area (Å²) in [6.07, 6.45) is 1.75. The van der Waals surface area contributed by atoms with Gasteiger partial charge in [-0.1, -0.05) is 0 Å². The predicted molar refractivity (Wildman–Crippen MR) is 74.5 cm³/mol. The molecule has 0 aromatic carbocycles. The van der Waals surface area contributed by atoms with E-state index in [1.54, 1.807) is 36.1 Å². The Morgan fingerprint density at radius 2 is 2.10 bits per heavy atom. The van der Waals surface area contributed by atoms with Crippen LogP contribution >= 0.6 is 0 Å². The lowest BCUT2D eigenvalue weighted by Gasteiger charge is -2.09. The molecule has 0 aliphatic carbocycles. The highest BCUT2D eigenvalue weighted by Crippen LogP contribution is 2.11. The Morgan fingerprint density at radius 3 is 2.80 bits per heavy atom. The first-order chi connectivity index (χ1) is 9.72. The van der Waals surface area contributed by atoms with E-state index >= 15 is 0 Å². The fourth-order valence-electron chi connectivity index (χ4n) is 1.79. The molecule has 0 spiro atoms. The van der Waals surface area contributed by atoms with Crippen molar-refractivity contribution in [1.82, 2.24) is 4.57 Å². The Kier molecular flexibility index (Phi) is 4.97. The topological polar surface area (TPSA) is 76.6 Å². The SMILES string of the molecule is COCCn1cc(NCc2ccc(CO)o2)ccc1=O. The lowest BCUT2D eigenvalue weighted by molar-refractivity contribution is 0.186. The number of aliphatic hydroxyl groups excluding tert-OH is 1. The molecule has 0 amide bonds. The van der Waals surface area contributed by atoms with Crippen LogP contribution < -0.4 is 10.9 Å². The predicted octanol–water partition coefficient (Wildman–Crippen LogP) is 1.19. The molecule has 0 atom stereocenters. The zero-order valence-electron chi connectivity index (χ0n) is 11.3. The molecule has 0 unspecified atom stereocenters. The Labute approximate surface area is 116 Å². The molecule has 2 aromatic heterocycles. The molecule has 0 saturated carbocycles. The van der Waals surface area contributed by atoms with Gasteiger partial charge in [-0.05, 0) is 18.2 Å². The van der Waals surface area contributed by atoms with Gasteiger partial charge in [0.25, 0.3) is 5.56 Å². The first-order valence-electron chi connectivity index (χ1n) is 6.34. The fourth-order valence-corrected chi connectivity index (χ4v) is 1.79. The van der Waals surface area contributed by atoms with Crippen LogP contribution in [0.25, 0.3) is 0 Å². The monoisotopic (exact) mass is 278 g/mol. The van der Waals surface area contributed by atoms with Gasteiger partial charge in [-0.15, -0.1) is 0 Å². The van der Waals surface area contributed by atoms with Crippen molar-refractivity contribution in [3.05, 3.63) is 52.3 Å². The van der Waals surface area contributed by atoms with Crippen LogP contribution in [-0.4, -0.2) is 23.4 Å². The maximum absolute atomic E-state index is 11.6. The molecule has 0 fully saturated rings. The van der Waals surface area contributed by atoms with Crippen LogP contribution in [0.2, 0.25) is 0 Å². The average molecular weight is 278 g/mol. The van der Waals surface area contributed by atoms with Crippen LogP contribution in [0.15, 0.2) is 39.7 Å². The minimum Gasteiger partial charge on any atom is -0.462 e. The number of methoxy groups -OCH3 is 1. The first-order valence-corrected chi connectivity index (χ1v) is 6.34. The van der Waals surface area contributed by atoms with Crippen LogP contribution in [0.3, 0.4) is 0 Å². The molecule has 6 nitrogen and oxygen atoms in total. The van der Waals surface area contributed by atoms with Crippen molar-refractivity contribution in [3.8, 4) is 0 Å². The summed E-state index contributed by atoms with van der Waals surface area (Å²) >= 11 is 0. The van der Waals surface area contributed by atoms with Gasteiger partial charge in [0, 0.05) is 25.9 Å². The third-order valence-electron chi connectivity index (χ3n) is 2.86. The number of aromatic nitrogens is 1. The molecule has 0 bridgehead atoms. The number of aliphatic hydroxyl groups is 1. The third kappa shape index (κ3) is 3.72. The number of hydrogen-bond donors (Lipinski definition) is 2. The van der Waals surface area contributed by atoms with Crippen molar-refractivity contribution in [2.24, 2.45) is 0 Å². The highest BCUT2D eigenvalue weighted by atomic mass is 16.5. The quantitative estimate of drug-likeness (QED) is 0.795. The van der Waals surface area contributed by atoms with Crippen LogP contribution in [0.5, 0.6) is 0 Å². The molecule has 20 heavy (non-hydrogen) atoms. The number of pyridine rings is 1. The Hall–Kier alpha value is -2.05. The molecule has 2 rings (SSSR count). The molecular weight excluding hydrogens is 260 g/mol. The van der Waals surface area contributed by atoms with E-state index in [1.807, 2.05) is 0 Å². The highest BCUT2D eigenvalue weighted by Gasteiger charge is 2.02. The molecule has 0 aliphatic heterocycles. The summed E-state index contributed by atoms with van der Waals surface area (Å²) in [4.78, 5) is 11.6. The second-order valence-electron chi connectivity index (χ2n) is 4.32. The van der Waals surface area contributed by atoms with E-state index in [9.17, 15) is 4.79 Å². The standard InChI is InChI=1S/C14H18N2O4/c1-19-7-6-16-9-11(2-5-14(16)18)15-8-12-3-4-13(10-17)20-12/h2-5,9,15,17H,6-8,10H2,1H3. The van der Waals surface area contributed by atoms with E-state index in [0.29, 0.717) is 25.5 Å². The van der Waals surface area contributed by atoms with Gasteiger partial charge in [-0.25, -0.2) is 0 Å². The van der Waals surface area contributed by atoms with E-state index in [0.717, 1.165) is 11.4 Å². The van der Waals surface area contributed by atoms with Gasteiger partial charge in [0.1, 0.15) is 18.1 Å². The summed E-state index contributed by atoms with van der Waals surface area (Å²) < 4.78 is 11.9. The zero-order valence-corrected chi connectivity index (χ0v) is 11.3. The van der Waals surface area contributed by atoms with Crippen molar-refractivity contribution < 1.29 is 14.3 Å². The number of hydrogen-bond acceptors (Lipinski definition) is 5. The molecule has 0 radical (unpaired) electrons. The van der Waals surface area contributed by atoms with Crippen LogP contribution in [-0.2, 0) is 24.4 Å². The van der Waals surface area contributed by atoms with Gasteiger partial charge < -0.3 is 24.1 Å². The fraction of sp³-hybridized carbons (Fsp3) is 0.357. The summed E-state index contributed by atoms with van der Waals surface area (Å²) in [5, 5.41) is 12.1. The van der Waals surface area contributed by atoms with Crippen molar-refractivity contribution in [1.29, 1.82) is 0 Å². The molecule has 2 aromatic rings. The van der Waals surface area contributed by atoms with Gasteiger partial charge >= 0.3 is 0 Å². The second kappa shape index (κ2) is 6.93. The lowest BCUT2D eigenvalue weighted by atomic mass is 10.3. The molecule has 6 heteroatoms. The summed E-state index contributed by atoms with van der Waals surface area (Å²) in [6, 6.07) is 6.77. The molecule has 2 heterocycles. The smallest absolute Gasteiger partial charge is 0.250 e. The van der Waals surface area contributed by atoms with E-state index < -0.39 is 0 Å². The van der Waals surface area contributed by atoms with Crippen molar-refractivity contribution in [2.45, 2.75) is 19.7 Å². The van der Waals surface area contributed by atoms with Crippen molar-refractivity contribution >= 4 is 5.69 Å². The average Bonchev–Trinajstić information content (AvgIpc) is 2.93. The number of anilines is 1. The Balaban J connectivity index is 2.00. The third-order valence-corrected chi connectivity index (χ3v) is 2.86. The minimum atomic E-state index is -0.109. The number of nitrogens with one attached hydrogen (secondary N) is 1. The van der Waals surface area contributed by atoms with Crippen LogP contribution in [0.4, 0.5) is 5.69 Å². The van der Waals surface area contributed by atoms with Gasteiger partial charge in [0.2, 0.25) is 0 Å². The number of rotatable bonds is 7. The number of ether oxygens (including phenoxy) is 1. The van der Waals surface area contributed by atoms with E-state index in [1.165, 1.54) is 6.07 Å². The largest absolute Gasteiger partial charge is 0.462 e. The first kappa shape index (κ1) is 14.4. The summed E-state index contributed by atoms with van der Waals surface area (Å²) in [7, 11) is 1.60. The maximum Gasteiger partial charge on any atom is 0.250 e. The van der Waals surface area contributed by atoms with Crippen LogP contribution in [0, 0.1) is 0 Å². The van der Waals surface area contributed by atoms with E-state index in [-0.39, 0.29) is 12.2 Å². The molecule has 108 valence electrons. The van der Waals surface area contributed by atoms with E-state index in [2.05, 4.69) is 5.32 Å². The molecular formula is C14H18N2O4. The molecule has 0 aliphatic rings. The van der Waals surface area contributed by atoms with Crippen molar-refractivity contribution in [2.75, 3.05) is 19.0 Å². The van der Waals surface area contributed by atoms with Gasteiger partial charge in [0.15, 0.2) is 0 Å². The number of nitrogens with zero attached hydrogens (tertiary/aromatic N) is 1. The molecule has 2 N–H and O–H groups in total. The van der Waals surface area contributed by atoms with Crippen molar-refractivity contribution in [3.63, 3.8) is 0 Å².